The molecule has 1 saturated heterocycles. The fourth-order valence-corrected chi connectivity index (χ4v) is 2.94. The summed E-state index contributed by atoms with van der Waals surface area (Å²) in [5.74, 6) is 0.321. The van der Waals surface area contributed by atoms with Crippen LogP contribution in [0.2, 0.25) is 0 Å². The van der Waals surface area contributed by atoms with Gasteiger partial charge in [0.25, 0.3) is 0 Å². The van der Waals surface area contributed by atoms with Gasteiger partial charge in [0.15, 0.2) is 0 Å². The molecule has 0 spiro atoms. The number of pyridine rings is 1. The summed E-state index contributed by atoms with van der Waals surface area (Å²) in [5.41, 5.74) is 0.593. The second-order valence-corrected chi connectivity index (χ2v) is 5.67. The molecular formula is C16H17F3N2O. The zero-order valence-electron chi connectivity index (χ0n) is 12.0. The number of anilines is 1. The minimum atomic E-state index is -4.36. The number of nitrogens with zero attached hydrogens (tertiary/aromatic N) is 2. The van der Waals surface area contributed by atoms with Crippen molar-refractivity contribution in [1.82, 2.24) is 4.98 Å². The lowest BCUT2D eigenvalue weighted by Gasteiger charge is -2.33. The van der Waals surface area contributed by atoms with Crippen LogP contribution in [0.15, 0.2) is 30.5 Å². The Balaban J connectivity index is 1.94. The number of alkyl halides is 3. The van der Waals surface area contributed by atoms with Gasteiger partial charge in [-0.3, -0.25) is 4.98 Å². The number of piperidine rings is 1. The van der Waals surface area contributed by atoms with Crippen LogP contribution in [0.25, 0.3) is 10.9 Å². The Bertz CT molecular complexity index is 664. The molecule has 0 saturated carbocycles. The van der Waals surface area contributed by atoms with Crippen LogP contribution in [0.5, 0.6) is 0 Å². The van der Waals surface area contributed by atoms with E-state index in [-0.39, 0.29) is 6.61 Å². The molecule has 1 aliphatic rings. The van der Waals surface area contributed by atoms with Crippen LogP contribution in [0.3, 0.4) is 0 Å². The van der Waals surface area contributed by atoms with E-state index < -0.39 is 11.7 Å². The van der Waals surface area contributed by atoms with Gasteiger partial charge in [-0.25, -0.2) is 0 Å². The summed E-state index contributed by atoms with van der Waals surface area (Å²) in [7, 11) is 0. The van der Waals surface area contributed by atoms with E-state index in [4.69, 9.17) is 0 Å². The average Bonchev–Trinajstić information content (AvgIpc) is 2.53. The van der Waals surface area contributed by atoms with Gasteiger partial charge in [-0.15, -0.1) is 0 Å². The van der Waals surface area contributed by atoms with E-state index in [1.54, 1.807) is 6.20 Å². The number of rotatable bonds is 2. The minimum Gasteiger partial charge on any atom is -0.396 e. The number of fused-ring (bicyclic) bond motifs is 1. The molecule has 3 rings (SSSR count). The van der Waals surface area contributed by atoms with Crippen LogP contribution in [-0.4, -0.2) is 29.8 Å². The number of hydrogen-bond acceptors (Lipinski definition) is 3. The highest BCUT2D eigenvalue weighted by Crippen LogP contribution is 2.34. The molecule has 0 unspecified atom stereocenters. The summed E-state index contributed by atoms with van der Waals surface area (Å²) in [4.78, 5) is 6.23. The van der Waals surface area contributed by atoms with Crippen LogP contribution in [-0.2, 0) is 6.18 Å². The molecule has 0 radical (unpaired) electrons. The molecule has 1 aromatic heterocycles. The Hall–Kier alpha value is -1.82. The molecule has 1 aliphatic heterocycles. The summed E-state index contributed by atoms with van der Waals surface area (Å²) < 4.78 is 38.4. The van der Waals surface area contributed by atoms with E-state index in [1.807, 2.05) is 6.07 Å². The van der Waals surface area contributed by atoms with Gasteiger partial charge >= 0.3 is 6.18 Å². The van der Waals surface area contributed by atoms with Crippen molar-refractivity contribution < 1.29 is 18.3 Å². The third kappa shape index (κ3) is 2.88. The molecule has 0 bridgehead atoms. The van der Waals surface area contributed by atoms with Gasteiger partial charge in [-0.05, 0) is 37.0 Å². The van der Waals surface area contributed by atoms with E-state index in [9.17, 15) is 18.3 Å². The predicted octanol–water partition coefficient (Wildman–Crippen LogP) is 3.46. The quantitative estimate of drug-likeness (QED) is 0.923. The lowest BCUT2D eigenvalue weighted by atomic mass is 9.97. The molecule has 1 N–H and O–H groups in total. The van der Waals surface area contributed by atoms with Crippen molar-refractivity contribution in [2.45, 2.75) is 19.0 Å². The van der Waals surface area contributed by atoms with Crippen molar-refractivity contribution in [3.63, 3.8) is 0 Å². The van der Waals surface area contributed by atoms with Crippen molar-refractivity contribution in [1.29, 1.82) is 0 Å². The number of halogens is 3. The lowest BCUT2D eigenvalue weighted by Crippen LogP contribution is -2.34. The highest BCUT2D eigenvalue weighted by atomic mass is 19.4. The largest absolute Gasteiger partial charge is 0.416 e. The summed E-state index contributed by atoms with van der Waals surface area (Å²) >= 11 is 0. The van der Waals surface area contributed by atoms with Crippen molar-refractivity contribution in [2.24, 2.45) is 5.92 Å². The average molecular weight is 310 g/mol. The predicted molar refractivity (Wildman–Crippen MR) is 78.8 cm³/mol. The fraction of sp³-hybridized carbons (Fsp3) is 0.438. The number of hydrogen-bond donors (Lipinski definition) is 1. The van der Waals surface area contributed by atoms with Gasteiger partial charge in [0.1, 0.15) is 0 Å². The maximum atomic E-state index is 12.8. The first-order valence-corrected chi connectivity index (χ1v) is 7.31. The molecule has 1 aromatic carbocycles. The van der Waals surface area contributed by atoms with E-state index in [0.717, 1.165) is 49.1 Å². The number of aliphatic hydroxyl groups excluding tert-OH is 1. The minimum absolute atomic E-state index is 0.194. The van der Waals surface area contributed by atoms with Crippen LogP contribution < -0.4 is 4.90 Å². The smallest absolute Gasteiger partial charge is 0.396 e. The fourth-order valence-electron chi connectivity index (χ4n) is 2.94. The van der Waals surface area contributed by atoms with Gasteiger partial charge in [-0.2, -0.15) is 13.2 Å². The normalized spacial score (nSPS) is 17.2. The summed E-state index contributed by atoms with van der Waals surface area (Å²) in [5, 5.41) is 9.93. The van der Waals surface area contributed by atoms with Gasteiger partial charge in [-0.1, -0.05) is 6.07 Å². The number of benzene rings is 1. The zero-order valence-corrected chi connectivity index (χ0v) is 12.0. The van der Waals surface area contributed by atoms with E-state index >= 15 is 0 Å². The molecular weight excluding hydrogens is 293 g/mol. The van der Waals surface area contributed by atoms with E-state index in [0.29, 0.717) is 11.4 Å². The number of aromatic nitrogens is 1. The van der Waals surface area contributed by atoms with E-state index in [1.165, 1.54) is 6.07 Å². The summed E-state index contributed by atoms with van der Waals surface area (Å²) in [6, 6.07) is 5.54. The first-order chi connectivity index (χ1) is 10.5. The second-order valence-electron chi connectivity index (χ2n) is 5.67. The summed E-state index contributed by atoms with van der Waals surface area (Å²) in [6.45, 7) is 1.79. The Morgan fingerprint density at radius 2 is 1.91 bits per heavy atom. The first-order valence-electron chi connectivity index (χ1n) is 7.31. The maximum absolute atomic E-state index is 12.8. The van der Waals surface area contributed by atoms with Gasteiger partial charge in [0.05, 0.1) is 11.1 Å². The lowest BCUT2D eigenvalue weighted by molar-refractivity contribution is -0.137. The molecule has 0 aliphatic carbocycles. The molecule has 6 heteroatoms. The van der Waals surface area contributed by atoms with Crippen LogP contribution >= 0.6 is 0 Å². The van der Waals surface area contributed by atoms with Crippen molar-refractivity contribution in [2.75, 3.05) is 24.6 Å². The van der Waals surface area contributed by atoms with E-state index in [2.05, 4.69) is 9.88 Å². The highest BCUT2D eigenvalue weighted by Gasteiger charge is 2.31. The zero-order chi connectivity index (χ0) is 15.7. The molecule has 1 fully saturated rings. The Morgan fingerprint density at radius 3 is 2.55 bits per heavy atom. The molecule has 22 heavy (non-hydrogen) atoms. The van der Waals surface area contributed by atoms with Gasteiger partial charge in [0.2, 0.25) is 0 Å². The second kappa shape index (κ2) is 5.76. The van der Waals surface area contributed by atoms with Crippen molar-refractivity contribution >= 4 is 16.6 Å². The number of aliphatic hydroxyl groups is 1. The standard InChI is InChI=1S/C16H17F3N2O/c17-16(18,19)12-1-2-13-14(9-12)20-6-3-15(13)21-7-4-11(10-22)5-8-21/h1-3,6,9,11,22H,4-5,7-8,10H2. The third-order valence-corrected chi connectivity index (χ3v) is 4.26. The Morgan fingerprint density at radius 1 is 1.18 bits per heavy atom. The topological polar surface area (TPSA) is 36.4 Å². The third-order valence-electron chi connectivity index (χ3n) is 4.26. The van der Waals surface area contributed by atoms with Crippen molar-refractivity contribution in [3.05, 3.63) is 36.0 Å². The molecule has 0 atom stereocenters. The monoisotopic (exact) mass is 310 g/mol. The SMILES string of the molecule is OCC1CCN(c2ccnc3cc(C(F)(F)F)ccc23)CC1. The Kier molecular flexibility index (Phi) is 3.95. The van der Waals surface area contributed by atoms with Crippen LogP contribution in [0.4, 0.5) is 18.9 Å². The van der Waals surface area contributed by atoms with Gasteiger partial charge in [0, 0.05) is 37.0 Å². The van der Waals surface area contributed by atoms with Crippen LogP contribution in [0.1, 0.15) is 18.4 Å². The maximum Gasteiger partial charge on any atom is 0.416 e. The highest BCUT2D eigenvalue weighted by molar-refractivity contribution is 5.92. The summed E-state index contributed by atoms with van der Waals surface area (Å²) in [6.07, 6.45) is -1.02. The molecule has 2 aromatic rings. The Labute approximate surface area is 126 Å². The molecule has 0 amide bonds. The van der Waals surface area contributed by atoms with Crippen molar-refractivity contribution in [3.8, 4) is 0 Å². The van der Waals surface area contributed by atoms with Gasteiger partial charge < -0.3 is 10.0 Å². The molecule has 2 heterocycles. The first kappa shape index (κ1) is 15.1. The van der Waals surface area contributed by atoms with Crippen LogP contribution in [0, 0.1) is 5.92 Å². The molecule has 118 valence electrons. The molecule has 3 nitrogen and oxygen atoms in total.